The fourth-order valence-corrected chi connectivity index (χ4v) is 2.66. The molecule has 0 atom stereocenters. The molecule has 0 aliphatic carbocycles. The molecule has 0 aromatic rings. The van der Waals surface area contributed by atoms with Crippen LogP contribution in [0.3, 0.4) is 0 Å². The van der Waals surface area contributed by atoms with E-state index in [0.29, 0.717) is 5.91 Å². The summed E-state index contributed by atoms with van der Waals surface area (Å²) in [5, 5.41) is 0. The molecule has 0 spiro atoms. The number of carbonyl (C=O) groups excluding carboxylic acids is 1. The zero-order valence-corrected chi connectivity index (χ0v) is 12.4. The van der Waals surface area contributed by atoms with E-state index in [1.54, 1.807) is 0 Å². The maximum Gasteiger partial charge on any atom is 0.222 e. The van der Waals surface area contributed by atoms with Crippen molar-refractivity contribution in [2.24, 2.45) is 5.92 Å². The molecule has 1 aliphatic heterocycles. The number of likely N-dealkylation sites (tertiary alicyclic amines) is 1. The monoisotopic (exact) mass is 253 g/mol. The van der Waals surface area contributed by atoms with Crippen LogP contribution >= 0.6 is 0 Å². The third-order valence-electron chi connectivity index (χ3n) is 3.88. The molecular weight excluding hydrogens is 222 g/mol. The predicted molar refractivity (Wildman–Crippen MR) is 77.6 cm³/mol. The third-order valence-corrected chi connectivity index (χ3v) is 3.88. The lowest BCUT2D eigenvalue weighted by Gasteiger charge is -2.14. The highest BCUT2D eigenvalue weighted by molar-refractivity contribution is 5.76. The highest BCUT2D eigenvalue weighted by Gasteiger charge is 2.16. The molecule has 1 amide bonds. The number of hydrogen-bond donors (Lipinski definition) is 0. The predicted octanol–water partition coefficient (Wildman–Crippen LogP) is 4.39. The molecule has 2 nitrogen and oxygen atoms in total. The van der Waals surface area contributed by atoms with Crippen LogP contribution in [0.5, 0.6) is 0 Å². The first-order valence-electron chi connectivity index (χ1n) is 7.98. The summed E-state index contributed by atoms with van der Waals surface area (Å²) in [4.78, 5) is 13.8. The van der Waals surface area contributed by atoms with Crippen molar-refractivity contribution in [2.45, 2.75) is 78.1 Å². The SMILES string of the molecule is CC(C)CCCCCCCCC(=O)N1CCCC1. The van der Waals surface area contributed by atoms with E-state index in [2.05, 4.69) is 13.8 Å². The minimum atomic E-state index is 0.396. The Morgan fingerprint density at radius 1 is 0.944 bits per heavy atom. The number of carbonyl (C=O) groups is 1. The first-order valence-corrected chi connectivity index (χ1v) is 7.98. The Bertz CT molecular complexity index is 219. The van der Waals surface area contributed by atoms with Gasteiger partial charge in [-0.25, -0.2) is 0 Å². The number of nitrogens with zero attached hydrogens (tertiary/aromatic N) is 1. The minimum Gasteiger partial charge on any atom is -0.343 e. The van der Waals surface area contributed by atoms with E-state index in [4.69, 9.17) is 0 Å². The summed E-state index contributed by atoms with van der Waals surface area (Å²) in [6.07, 6.45) is 12.3. The molecular formula is C16H31NO. The summed E-state index contributed by atoms with van der Waals surface area (Å²) in [6, 6.07) is 0. The Morgan fingerprint density at radius 3 is 2.11 bits per heavy atom. The molecule has 0 unspecified atom stereocenters. The molecule has 0 aromatic heterocycles. The number of hydrogen-bond acceptors (Lipinski definition) is 1. The van der Waals surface area contributed by atoms with Gasteiger partial charge >= 0.3 is 0 Å². The van der Waals surface area contributed by atoms with E-state index < -0.39 is 0 Å². The van der Waals surface area contributed by atoms with Crippen LogP contribution in [0.15, 0.2) is 0 Å². The normalized spacial score (nSPS) is 15.6. The number of unbranched alkanes of at least 4 members (excludes halogenated alkanes) is 5. The van der Waals surface area contributed by atoms with Gasteiger partial charge in [-0.15, -0.1) is 0 Å². The third kappa shape index (κ3) is 7.03. The van der Waals surface area contributed by atoms with Crippen LogP contribution in [-0.4, -0.2) is 23.9 Å². The van der Waals surface area contributed by atoms with Gasteiger partial charge in [0.05, 0.1) is 0 Å². The topological polar surface area (TPSA) is 20.3 Å². The summed E-state index contributed by atoms with van der Waals surface area (Å²) in [6.45, 7) is 6.61. The van der Waals surface area contributed by atoms with E-state index >= 15 is 0 Å². The van der Waals surface area contributed by atoms with Gasteiger partial charge in [0.15, 0.2) is 0 Å². The standard InChI is InChI=1S/C16H31NO/c1-15(2)11-7-5-3-4-6-8-12-16(18)17-13-9-10-14-17/h15H,3-14H2,1-2H3. The Hall–Kier alpha value is -0.530. The van der Waals surface area contributed by atoms with E-state index in [9.17, 15) is 4.79 Å². The zero-order chi connectivity index (χ0) is 13.2. The maximum atomic E-state index is 11.8. The molecule has 1 saturated heterocycles. The lowest BCUT2D eigenvalue weighted by atomic mass is 10.0. The lowest BCUT2D eigenvalue weighted by Crippen LogP contribution is -2.27. The maximum absolute atomic E-state index is 11.8. The van der Waals surface area contributed by atoms with Gasteiger partial charge in [0.25, 0.3) is 0 Å². The molecule has 0 saturated carbocycles. The molecule has 2 heteroatoms. The summed E-state index contributed by atoms with van der Waals surface area (Å²) >= 11 is 0. The second kappa shape index (κ2) is 9.41. The van der Waals surface area contributed by atoms with Crippen LogP contribution in [0.25, 0.3) is 0 Å². The van der Waals surface area contributed by atoms with Gasteiger partial charge < -0.3 is 4.90 Å². The molecule has 1 aliphatic rings. The molecule has 0 N–H and O–H groups in total. The van der Waals surface area contributed by atoms with Gasteiger partial charge in [0.1, 0.15) is 0 Å². The van der Waals surface area contributed by atoms with Crippen LogP contribution in [0.1, 0.15) is 78.1 Å². The van der Waals surface area contributed by atoms with Crippen molar-refractivity contribution in [2.75, 3.05) is 13.1 Å². The number of rotatable bonds is 9. The van der Waals surface area contributed by atoms with Crippen molar-refractivity contribution in [1.82, 2.24) is 4.90 Å². The highest BCUT2D eigenvalue weighted by atomic mass is 16.2. The molecule has 106 valence electrons. The fraction of sp³-hybridized carbons (Fsp3) is 0.938. The van der Waals surface area contributed by atoms with Crippen molar-refractivity contribution in [1.29, 1.82) is 0 Å². The van der Waals surface area contributed by atoms with Crippen LogP contribution in [0.4, 0.5) is 0 Å². The molecule has 1 fully saturated rings. The largest absolute Gasteiger partial charge is 0.343 e. The average molecular weight is 253 g/mol. The van der Waals surface area contributed by atoms with E-state index in [1.165, 1.54) is 51.4 Å². The first kappa shape index (κ1) is 15.5. The van der Waals surface area contributed by atoms with Gasteiger partial charge in [0, 0.05) is 19.5 Å². The van der Waals surface area contributed by atoms with Gasteiger partial charge in [-0.3, -0.25) is 4.79 Å². The van der Waals surface area contributed by atoms with Crippen molar-refractivity contribution < 1.29 is 4.79 Å². The quantitative estimate of drug-likeness (QED) is 0.558. The van der Waals surface area contributed by atoms with Crippen LogP contribution in [0, 0.1) is 5.92 Å². The lowest BCUT2D eigenvalue weighted by molar-refractivity contribution is -0.130. The average Bonchev–Trinajstić information content (AvgIpc) is 2.85. The van der Waals surface area contributed by atoms with E-state index in [0.717, 1.165) is 31.8 Å². The van der Waals surface area contributed by atoms with Gasteiger partial charge in [-0.05, 0) is 25.2 Å². The van der Waals surface area contributed by atoms with Gasteiger partial charge in [-0.2, -0.15) is 0 Å². The Balaban J connectivity index is 1.84. The molecule has 1 heterocycles. The Kier molecular flexibility index (Phi) is 8.11. The molecule has 0 aromatic carbocycles. The van der Waals surface area contributed by atoms with Gasteiger partial charge in [0.2, 0.25) is 5.91 Å². The molecule has 0 radical (unpaired) electrons. The van der Waals surface area contributed by atoms with Crippen LogP contribution in [0.2, 0.25) is 0 Å². The fourth-order valence-electron chi connectivity index (χ4n) is 2.66. The Labute approximate surface area is 113 Å². The Morgan fingerprint density at radius 2 is 1.50 bits per heavy atom. The van der Waals surface area contributed by atoms with Gasteiger partial charge in [-0.1, -0.05) is 52.4 Å². The number of amides is 1. The van der Waals surface area contributed by atoms with E-state index in [1.807, 2.05) is 4.90 Å². The smallest absolute Gasteiger partial charge is 0.222 e. The molecule has 18 heavy (non-hydrogen) atoms. The summed E-state index contributed by atoms with van der Waals surface area (Å²) in [5.41, 5.74) is 0. The highest BCUT2D eigenvalue weighted by Crippen LogP contribution is 2.14. The second-order valence-electron chi connectivity index (χ2n) is 6.14. The van der Waals surface area contributed by atoms with Crippen LogP contribution < -0.4 is 0 Å². The van der Waals surface area contributed by atoms with Crippen molar-refractivity contribution in [3.8, 4) is 0 Å². The summed E-state index contributed by atoms with van der Waals surface area (Å²) in [5.74, 6) is 1.25. The minimum absolute atomic E-state index is 0.396. The van der Waals surface area contributed by atoms with Crippen LogP contribution in [-0.2, 0) is 4.79 Å². The first-order chi connectivity index (χ1) is 8.70. The second-order valence-corrected chi connectivity index (χ2v) is 6.14. The summed E-state index contributed by atoms with van der Waals surface area (Å²) < 4.78 is 0. The zero-order valence-electron chi connectivity index (χ0n) is 12.4. The molecule has 1 rings (SSSR count). The van der Waals surface area contributed by atoms with Crippen molar-refractivity contribution in [3.05, 3.63) is 0 Å². The summed E-state index contributed by atoms with van der Waals surface area (Å²) in [7, 11) is 0. The van der Waals surface area contributed by atoms with Crippen molar-refractivity contribution >= 4 is 5.91 Å². The van der Waals surface area contributed by atoms with E-state index in [-0.39, 0.29) is 0 Å². The van der Waals surface area contributed by atoms with Crippen molar-refractivity contribution in [3.63, 3.8) is 0 Å². The molecule has 0 bridgehead atoms.